The highest BCUT2D eigenvalue weighted by atomic mass is 16.3. The van der Waals surface area contributed by atoms with E-state index in [4.69, 9.17) is 9.52 Å². The number of aliphatic hydroxyl groups is 1. The third kappa shape index (κ3) is 1.59. The number of aliphatic hydroxyl groups excluding tert-OH is 1. The molecule has 0 radical (unpaired) electrons. The number of benzene rings is 1. The van der Waals surface area contributed by atoms with Crippen molar-refractivity contribution in [2.45, 2.75) is 0 Å². The molecule has 1 N–H and O–H groups in total. The second-order valence-corrected chi connectivity index (χ2v) is 1.96. The van der Waals surface area contributed by atoms with Gasteiger partial charge in [0.2, 0.25) is 0 Å². The number of para-hydroxylation sites is 1. The van der Waals surface area contributed by atoms with E-state index in [1.807, 2.05) is 30.3 Å². The molecule has 0 aliphatic carbocycles. The summed E-state index contributed by atoms with van der Waals surface area (Å²) in [6.07, 6.45) is 1.70. The van der Waals surface area contributed by atoms with Crippen molar-refractivity contribution in [2.75, 3.05) is 7.11 Å². The van der Waals surface area contributed by atoms with Gasteiger partial charge in [-0.15, -0.1) is 0 Å². The second-order valence-electron chi connectivity index (χ2n) is 1.96. The van der Waals surface area contributed by atoms with E-state index in [9.17, 15) is 0 Å². The zero-order valence-electron chi connectivity index (χ0n) is 6.32. The van der Waals surface area contributed by atoms with Crippen LogP contribution in [-0.4, -0.2) is 12.2 Å². The molecule has 2 heteroatoms. The average molecular weight is 150 g/mol. The number of furan rings is 1. The molecule has 0 aliphatic heterocycles. The van der Waals surface area contributed by atoms with Gasteiger partial charge in [0.15, 0.2) is 0 Å². The van der Waals surface area contributed by atoms with Crippen LogP contribution in [0, 0.1) is 0 Å². The number of hydrogen-bond donors (Lipinski definition) is 1. The van der Waals surface area contributed by atoms with Gasteiger partial charge in [0.1, 0.15) is 5.58 Å². The van der Waals surface area contributed by atoms with Gasteiger partial charge in [-0.3, -0.25) is 0 Å². The van der Waals surface area contributed by atoms with E-state index in [1.54, 1.807) is 6.26 Å². The number of fused-ring (bicyclic) bond motifs is 1. The molecule has 2 aromatic rings. The van der Waals surface area contributed by atoms with Crippen LogP contribution < -0.4 is 0 Å². The molecule has 0 atom stereocenters. The Kier molecular flexibility index (Phi) is 2.69. The van der Waals surface area contributed by atoms with E-state index in [0.717, 1.165) is 18.1 Å². The van der Waals surface area contributed by atoms with E-state index < -0.39 is 0 Å². The van der Waals surface area contributed by atoms with Crippen molar-refractivity contribution in [1.29, 1.82) is 0 Å². The highest BCUT2D eigenvalue weighted by molar-refractivity contribution is 5.76. The molecule has 0 saturated heterocycles. The predicted octanol–water partition coefficient (Wildman–Crippen LogP) is 2.04. The topological polar surface area (TPSA) is 33.4 Å². The summed E-state index contributed by atoms with van der Waals surface area (Å²) in [6.45, 7) is 0. The van der Waals surface area contributed by atoms with Crippen molar-refractivity contribution in [3.8, 4) is 0 Å². The van der Waals surface area contributed by atoms with Crippen molar-refractivity contribution in [1.82, 2.24) is 0 Å². The Bertz CT molecular complexity index is 282. The second kappa shape index (κ2) is 3.78. The summed E-state index contributed by atoms with van der Waals surface area (Å²) < 4.78 is 5.12. The summed E-state index contributed by atoms with van der Waals surface area (Å²) in [5.74, 6) is 0. The Morgan fingerprint density at radius 3 is 2.55 bits per heavy atom. The van der Waals surface area contributed by atoms with Crippen LogP contribution in [0.15, 0.2) is 41.0 Å². The van der Waals surface area contributed by atoms with Crippen molar-refractivity contribution in [3.05, 3.63) is 36.6 Å². The first-order valence-electron chi connectivity index (χ1n) is 3.34. The SMILES string of the molecule is CO.c1ccc2occc2c1. The highest BCUT2D eigenvalue weighted by Gasteiger charge is 1.89. The fraction of sp³-hybridized carbons (Fsp3) is 0.111. The third-order valence-electron chi connectivity index (χ3n) is 1.36. The van der Waals surface area contributed by atoms with E-state index in [-0.39, 0.29) is 0 Å². The van der Waals surface area contributed by atoms with Crippen LogP contribution in [0.5, 0.6) is 0 Å². The summed E-state index contributed by atoms with van der Waals surface area (Å²) in [4.78, 5) is 0. The molecule has 0 saturated carbocycles. The van der Waals surface area contributed by atoms with Crippen molar-refractivity contribution in [3.63, 3.8) is 0 Å². The Morgan fingerprint density at radius 2 is 1.82 bits per heavy atom. The van der Waals surface area contributed by atoms with Gasteiger partial charge in [-0.2, -0.15) is 0 Å². The maximum atomic E-state index is 7.00. The highest BCUT2D eigenvalue weighted by Crippen LogP contribution is 2.12. The van der Waals surface area contributed by atoms with Gasteiger partial charge >= 0.3 is 0 Å². The monoisotopic (exact) mass is 150 g/mol. The summed E-state index contributed by atoms with van der Waals surface area (Å²) >= 11 is 0. The quantitative estimate of drug-likeness (QED) is 0.623. The van der Waals surface area contributed by atoms with Gasteiger partial charge in [0.25, 0.3) is 0 Å². The Balaban J connectivity index is 0.000000281. The summed E-state index contributed by atoms with van der Waals surface area (Å²) in [5, 5.41) is 8.16. The molecule has 0 amide bonds. The summed E-state index contributed by atoms with van der Waals surface area (Å²) in [7, 11) is 1.00. The molecule has 2 nitrogen and oxygen atoms in total. The molecule has 0 fully saturated rings. The van der Waals surface area contributed by atoms with Gasteiger partial charge < -0.3 is 9.52 Å². The lowest BCUT2D eigenvalue weighted by Crippen LogP contribution is -1.57. The molecule has 1 aromatic carbocycles. The average Bonchev–Trinajstić information content (AvgIpc) is 2.55. The minimum atomic E-state index is 0.956. The number of hydrogen-bond acceptors (Lipinski definition) is 2. The predicted molar refractivity (Wildman–Crippen MR) is 44.4 cm³/mol. The molecule has 0 bridgehead atoms. The third-order valence-corrected chi connectivity index (χ3v) is 1.36. The van der Waals surface area contributed by atoms with Crippen LogP contribution in [0.4, 0.5) is 0 Å². The molecule has 11 heavy (non-hydrogen) atoms. The van der Waals surface area contributed by atoms with Crippen LogP contribution >= 0.6 is 0 Å². The van der Waals surface area contributed by atoms with Crippen molar-refractivity contribution < 1.29 is 9.52 Å². The Labute approximate surface area is 65.1 Å². The Morgan fingerprint density at radius 1 is 1.09 bits per heavy atom. The molecule has 0 unspecified atom stereocenters. The van der Waals surface area contributed by atoms with Gasteiger partial charge in [-0.25, -0.2) is 0 Å². The molecule has 0 spiro atoms. The number of rotatable bonds is 0. The lowest BCUT2D eigenvalue weighted by atomic mass is 10.3. The van der Waals surface area contributed by atoms with Gasteiger partial charge in [-0.1, -0.05) is 18.2 Å². The van der Waals surface area contributed by atoms with Crippen LogP contribution in [0.25, 0.3) is 11.0 Å². The lowest BCUT2D eigenvalue weighted by molar-refractivity contribution is 0.399. The minimum absolute atomic E-state index is 0.956. The van der Waals surface area contributed by atoms with E-state index in [1.165, 1.54) is 0 Å². The van der Waals surface area contributed by atoms with Gasteiger partial charge in [0, 0.05) is 12.5 Å². The summed E-state index contributed by atoms with van der Waals surface area (Å²) in [6, 6.07) is 9.90. The van der Waals surface area contributed by atoms with E-state index >= 15 is 0 Å². The van der Waals surface area contributed by atoms with Crippen LogP contribution in [-0.2, 0) is 0 Å². The van der Waals surface area contributed by atoms with Crippen LogP contribution in [0.3, 0.4) is 0 Å². The first-order chi connectivity index (χ1) is 5.47. The van der Waals surface area contributed by atoms with E-state index in [0.29, 0.717) is 0 Å². The molecular weight excluding hydrogens is 140 g/mol. The smallest absolute Gasteiger partial charge is 0.133 e. The zero-order chi connectivity index (χ0) is 8.10. The molecule has 58 valence electrons. The Hall–Kier alpha value is -1.28. The lowest BCUT2D eigenvalue weighted by Gasteiger charge is -1.81. The van der Waals surface area contributed by atoms with E-state index in [2.05, 4.69) is 0 Å². The first kappa shape index (κ1) is 7.82. The molecule has 1 aromatic heterocycles. The molecular formula is C9H10O2. The maximum absolute atomic E-state index is 7.00. The zero-order valence-corrected chi connectivity index (χ0v) is 6.32. The van der Waals surface area contributed by atoms with Crippen LogP contribution in [0.2, 0.25) is 0 Å². The maximum Gasteiger partial charge on any atom is 0.133 e. The normalized spacial score (nSPS) is 8.91. The fourth-order valence-electron chi connectivity index (χ4n) is 0.906. The standard InChI is InChI=1S/C8H6O.CH4O/c1-2-4-8-7(3-1)5-6-9-8;1-2/h1-6H;2H,1H3. The van der Waals surface area contributed by atoms with Crippen molar-refractivity contribution >= 4 is 11.0 Å². The molecule has 0 aliphatic rings. The largest absolute Gasteiger partial charge is 0.464 e. The fourth-order valence-corrected chi connectivity index (χ4v) is 0.906. The minimum Gasteiger partial charge on any atom is -0.464 e. The summed E-state index contributed by atoms with van der Waals surface area (Å²) in [5.41, 5.74) is 0.956. The molecule has 1 heterocycles. The van der Waals surface area contributed by atoms with Gasteiger partial charge in [0.05, 0.1) is 6.26 Å². The molecule has 2 rings (SSSR count). The first-order valence-corrected chi connectivity index (χ1v) is 3.34. The van der Waals surface area contributed by atoms with Crippen LogP contribution in [0.1, 0.15) is 0 Å². The van der Waals surface area contributed by atoms with Gasteiger partial charge in [-0.05, 0) is 12.1 Å². The van der Waals surface area contributed by atoms with Crippen molar-refractivity contribution in [2.24, 2.45) is 0 Å².